The first-order valence-corrected chi connectivity index (χ1v) is 11.1. The Morgan fingerprint density at radius 1 is 1.06 bits per heavy atom. The first-order chi connectivity index (χ1) is 16.9. The molecule has 0 spiro atoms. The second kappa shape index (κ2) is 10.2. The Kier molecular flexibility index (Phi) is 6.91. The number of anilines is 1. The molecule has 3 amide bonds. The van der Waals surface area contributed by atoms with Crippen LogP contribution in [0.5, 0.6) is 5.75 Å². The van der Waals surface area contributed by atoms with E-state index < -0.39 is 12.1 Å². The Hall–Kier alpha value is -4.46. The number of para-hydroxylation sites is 1. The maximum Gasteiger partial charge on any atom is 0.272 e. The van der Waals surface area contributed by atoms with Crippen molar-refractivity contribution in [3.05, 3.63) is 95.1 Å². The molecule has 3 aromatic rings. The maximum atomic E-state index is 13.2. The van der Waals surface area contributed by atoms with Gasteiger partial charge in [-0.05, 0) is 42.3 Å². The number of primary amides is 1. The van der Waals surface area contributed by atoms with Crippen molar-refractivity contribution in [3.63, 3.8) is 0 Å². The minimum Gasteiger partial charge on any atom is -0.497 e. The lowest BCUT2D eigenvalue weighted by Gasteiger charge is -2.20. The van der Waals surface area contributed by atoms with Gasteiger partial charge in [0, 0.05) is 30.2 Å². The Morgan fingerprint density at radius 3 is 2.51 bits per heavy atom. The molecule has 0 aliphatic carbocycles. The number of hydrogen-bond acceptors (Lipinski definition) is 5. The predicted molar refractivity (Wildman–Crippen MR) is 134 cm³/mol. The van der Waals surface area contributed by atoms with E-state index in [9.17, 15) is 14.4 Å². The summed E-state index contributed by atoms with van der Waals surface area (Å²) in [5.41, 5.74) is 9.33. The number of benzene rings is 3. The van der Waals surface area contributed by atoms with Crippen LogP contribution in [0.3, 0.4) is 0 Å². The smallest absolute Gasteiger partial charge is 0.272 e. The van der Waals surface area contributed by atoms with Crippen molar-refractivity contribution >= 4 is 29.1 Å². The average Bonchev–Trinajstić information content (AvgIpc) is 2.98. The monoisotopic (exact) mass is 470 g/mol. The van der Waals surface area contributed by atoms with E-state index in [0.29, 0.717) is 28.9 Å². The standard InChI is InChI=1S/C27H26N4O4/c1-31-22-9-4-3-8-21(22)24(18-11-13-19(14-12-18)25(28)33)30-26(27(31)34)29-23(32)15-10-17-6-5-7-20(16-17)35-2/h3-9,11-14,16,26H,10,15H2,1-2H3,(H2,28,33)(H,29,32). The van der Waals surface area contributed by atoms with Crippen LogP contribution in [0.4, 0.5) is 5.69 Å². The molecule has 0 fully saturated rings. The highest BCUT2D eigenvalue weighted by Gasteiger charge is 2.30. The van der Waals surface area contributed by atoms with Gasteiger partial charge in [-0.25, -0.2) is 4.99 Å². The van der Waals surface area contributed by atoms with Crippen molar-refractivity contribution < 1.29 is 19.1 Å². The van der Waals surface area contributed by atoms with E-state index in [2.05, 4.69) is 10.3 Å². The van der Waals surface area contributed by atoms with Crippen LogP contribution in [0.15, 0.2) is 77.8 Å². The number of nitrogens with zero attached hydrogens (tertiary/aromatic N) is 2. The fourth-order valence-electron chi connectivity index (χ4n) is 3.95. The van der Waals surface area contributed by atoms with E-state index in [0.717, 1.165) is 16.9 Å². The number of methoxy groups -OCH3 is 1. The number of amides is 3. The molecule has 0 saturated carbocycles. The van der Waals surface area contributed by atoms with E-state index in [1.807, 2.05) is 48.5 Å². The number of carbonyl (C=O) groups excluding carboxylic acids is 3. The van der Waals surface area contributed by atoms with Crippen LogP contribution < -0.4 is 20.7 Å². The van der Waals surface area contributed by atoms with Crippen LogP contribution in [-0.2, 0) is 16.0 Å². The third-order valence-electron chi connectivity index (χ3n) is 5.86. The lowest BCUT2D eigenvalue weighted by molar-refractivity contribution is -0.127. The number of likely N-dealkylation sites (N-methyl/N-ethyl adjacent to an activating group) is 1. The quantitative estimate of drug-likeness (QED) is 0.553. The van der Waals surface area contributed by atoms with Crippen molar-refractivity contribution in [2.24, 2.45) is 10.7 Å². The number of hydrogen-bond donors (Lipinski definition) is 2. The van der Waals surface area contributed by atoms with Gasteiger partial charge in [-0.15, -0.1) is 0 Å². The summed E-state index contributed by atoms with van der Waals surface area (Å²) in [6.07, 6.45) is -0.423. The molecule has 1 heterocycles. The number of rotatable bonds is 7. The molecule has 1 atom stereocenters. The minimum atomic E-state index is -1.10. The van der Waals surface area contributed by atoms with Crippen molar-refractivity contribution in [2.75, 3.05) is 19.1 Å². The number of aliphatic imine (C=N–C) groups is 1. The molecular formula is C27H26N4O4. The SMILES string of the molecule is COc1cccc(CCC(=O)NC2N=C(c3ccc(C(N)=O)cc3)c3ccccc3N(C)C2=O)c1. The van der Waals surface area contributed by atoms with Crippen molar-refractivity contribution in [1.82, 2.24) is 5.32 Å². The van der Waals surface area contributed by atoms with E-state index in [-0.39, 0.29) is 18.2 Å². The molecule has 178 valence electrons. The second-order valence-corrected chi connectivity index (χ2v) is 8.16. The molecule has 3 N–H and O–H groups in total. The first kappa shape index (κ1) is 23.7. The molecule has 0 aromatic heterocycles. The molecule has 4 rings (SSSR count). The summed E-state index contributed by atoms with van der Waals surface area (Å²) in [4.78, 5) is 43.7. The van der Waals surface area contributed by atoms with Gasteiger partial charge in [0.05, 0.1) is 18.5 Å². The molecule has 8 heteroatoms. The van der Waals surface area contributed by atoms with E-state index in [4.69, 9.17) is 10.5 Å². The molecule has 1 aliphatic rings. The highest BCUT2D eigenvalue weighted by Crippen LogP contribution is 2.27. The molecule has 0 bridgehead atoms. The Morgan fingerprint density at radius 2 is 1.80 bits per heavy atom. The molecule has 0 radical (unpaired) electrons. The number of aryl methyl sites for hydroxylation is 1. The van der Waals surface area contributed by atoms with Gasteiger partial charge in [-0.1, -0.05) is 42.5 Å². The van der Waals surface area contributed by atoms with Gasteiger partial charge in [0.2, 0.25) is 18.0 Å². The zero-order valence-electron chi connectivity index (χ0n) is 19.5. The number of nitrogens with one attached hydrogen (secondary N) is 1. The van der Waals surface area contributed by atoms with Gasteiger partial charge in [-0.3, -0.25) is 14.4 Å². The lowest BCUT2D eigenvalue weighted by Crippen LogP contribution is -2.46. The van der Waals surface area contributed by atoms with Crippen LogP contribution in [0.25, 0.3) is 0 Å². The first-order valence-electron chi connectivity index (χ1n) is 11.1. The second-order valence-electron chi connectivity index (χ2n) is 8.16. The number of carbonyl (C=O) groups is 3. The Balaban J connectivity index is 1.62. The van der Waals surface area contributed by atoms with Crippen molar-refractivity contribution in [1.29, 1.82) is 0 Å². The van der Waals surface area contributed by atoms with Gasteiger partial charge in [0.1, 0.15) is 5.75 Å². The van der Waals surface area contributed by atoms with Crippen LogP contribution in [-0.4, -0.2) is 43.8 Å². The fourth-order valence-corrected chi connectivity index (χ4v) is 3.95. The molecule has 0 saturated heterocycles. The largest absolute Gasteiger partial charge is 0.497 e. The van der Waals surface area contributed by atoms with Crippen LogP contribution in [0, 0.1) is 0 Å². The molecule has 3 aromatic carbocycles. The highest BCUT2D eigenvalue weighted by atomic mass is 16.5. The minimum absolute atomic E-state index is 0.186. The van der Waals surface area contributed by atoms with Crippen LogP contribution >= 0.6 is 0 Å². The van der Waals surface area contributed by atoms with E-state index in [1.54, 1.807) is 38.4 Å². The lowest BCUT2D eigenvalue weighted by atomic mass is 9.99. The van der Waals surface area contributed by atoms with Gasteiger partial charge in [0.15, 0.2) is 0 Å². The maximum absolute atomic E-state index is 13.2. The number of fused-ring (bicyclic) bond motifs is 1. The Labute approximate surface area is 203 Å². The zero-order valence-corrected chi connectivity index (χ0v) is 19.5. The van der Waals surface area contributed by atoms with Crippen LogP contribution in [0.2, 0.25) is 0 Å². The van der Waals surface area contributed by atoms with Gasteiger partial charge >= 0.3 is 0 Å². The highest BCUT2D eigenvalue weighted by molar-refractivity contribution is 6.20. The summed E-state index contributed by atoms with van der Waals surface area (Å²) in [7, 11) is 3.25. The Bertz CT molecular complexity index is 1300. The van der Waals surface area contributed by atoms with Crippen molar-refractivity contribution in [3.8, 4) is 5.75 Å². The molecule has 1 unspecified atom stereocenters. The molecule has 1 aliphatic heterocycles. The summed E-state index contributed by atoms with van der Waals surface area (Å²) < 4.78 is 5.23. The predicted octanol–water partition coefficient (Wildman–Crippen LogP) is 2.68. The third-order valence-corrected chi connectivity index (χ3v) is 5.86. The summed E-state index contributed by atoms with van der Waals surface area (Å²) in [5.74, 6) is -0.456. The summed E-state index contributed by atoms with van der Waals surface area (Å²) in [5, 5.41) is 2.78. The molecule has 35 heavy (non-hydrogen) atoms. The summed E-state index contributed by atoms with van der Waals surface area (Å²) in [6, 6.07) is 21.6. The van der Waals surface area contributed by atoms with Gasteiger partial charge in [0.25, 0.3) is 5.91 Å². The van der Waals surface area contributed by atoms with E-state index >= 15 is 0 Å². The fraction of sp³-hybridized carbons (Fsp3) is 0.185. The van der Waals surface area contributed by atoms with Crippen molar-refractivity contribution in [2.45, 2.75) is 19.0 Å². The topological polar surface area (TPSA) is 114 Å². The third kappa shape index (κ3) is 5.22. The zero-order chi connectivity index (χ0) is 24.9. The number of benzodiazepines with no additional fused rings is 1. The molecular weight excluding hydrogens is 444 g/mol. The summed E-state index contributed by atoms with van der Waals surface area (Å²) in [6.45, 7) is 0. The molecule has 8 nitrogen and oxygen atoms in total. The summed E-state index contributed by atoms with van der Waals surface area (Å²) >= 11 is 0. The van der Waals surface area contributed by atoms with Gasteiger partial charge < -0.3 is 20.7 Å². The van der Waals surface area contributed by atoms with E-state index in [1.165, 1.54) is 4.90 Å². The number of ether oxygens (including phenoxy) is 1. The van der Waals surface area contributed by atoms with Crippen LogP contribution in [0.1, 0.15) is 33.5 Å². The normalized spacial score (nSPS) is 15.0. The van der Waals surface area contributed by atoms with Gasteiger partial charge in [-0.2, -0.15) is 0 Å². The average molecular weight is 471 g/mol. The number of nitrogens with two attached hydrogens (primary N) is 1.